The summed E-state index contributed by atoms with van der Waals surface area (Å²) < 4.78 is 4.83. The van der Waals surface area contributed by atoms with Crippen molar-refractivity contribution in [1.82, 2.24) is 19.5 Å². The van der Waals surface area contributed by atoms with Crippen LogP contribution in [0.2, 0.25) is 0 Å². The van der Waals surface area contributed by atoms with Crippen molar-refractivity contribution in [3.63, 3.8) is 0 Å². The summed E-state index contributed by atoms with van der Waals surface area (Å²) in [4.78, 5) is 15.0. The fraction of sp³-hybridized carbons (Fsp3) is 0. The van der Waals surface area contributed by atoms with Gasteiger partial charge in [-0.1, -0.05) is 121 Å². The van der Waals surface area contributed by atoms with Gasteiger partial charge < -0.3 is 4.57 Å². The predicted octanol–water partition coefficient (Wildman–Crippen LogP) is 10.3. The van der Waals surface area contributed by atoms with Crippen LogP contribution in [0.4, 0.5) is 0 Å². The largest absolute Gasteiger partial charge is 0.308 e. The summed E-state index contributed by atoms with van der Waals surface area (Å²) in [6, 6.07) is 50.7. The third-order valence-corrected chi connectivity index (χ3v) is 9.52. The normalized spacial score (nSPS) is 11.6. The molecule has 9 rings (SSSR count). The van der Waals surface area contributed by atoms with Crippen molar-refractivity contribution in [2.24, 2.45) is 0 Å². The Hall–Kier alpha value is -5.65. The Morgan fingerprint density at radius 1 is 0.409 bits per heavy atom. The summed E-state index contributed by atoms with van der Waals surface area (Å²) >= 11 is 1.82. The molecule has 44 heavy (non-hydrogen) atoms. The van der Waals surface area contributed by atoms with E-state index in [4.69, 9.17) is 15.0 Å². The van der Waals surface area contributed by atoms with Crippen molar-refractivity contribution in [3.8, 4) is 39.9 Å². The molecule has 9 aromatic rings. The summed E-state index contributed by atoms with van der Waals surface area (Å²) in [5, 5.41) is 4.95. The first-order chi connectivity index (χ1) is 21.8. The van der Waals surface area contributed by atoms with Gasteiger partial charge in [0.15, 0.2) is 17.5 Å². The molecular weight excluding hydrogens is 557 g/mol. The van der Waals surface area contributed by atoms with Gasteiger partial charge >= 0.3 is 0 Å². The summed E-state index contributed by atoms with van der Waals surface area (Å²) in [7, 11) is 0. The zero-order valence-electron chi connectivity index (χ0n) is 23.6. The van der Waals surface area contributed by atoms with Crippen LogP contribution in [0.25, 0.3) is 81.8 Å². The molecule has 0 bridgehead atoms. The van der Waals surface area contributed by atoms with Gasteiger partial charge in [-0.3, -0.25) is 0 Å². The monoisotopic (exact) mass is 580 g/mol. The van der Waals surface area contributed by atoms with Gasteiger partial charge in [-0.25, -0.2) is 15.0 Å². The highest BCUT2D eigenvalue weighted by Crippen LogP contribution is 2.45. The molecule has 0 aliphatic heterocycles. The van der Waals surface area contributed by atoms with Crippen LogP contribution >= 0.6 is 11.3 Å². The first-order valence-corrected chi connectivity index (χ1v) is 15.5. The van der Waals surface area contributed by atoms with E-state index in [2.05, 4.69) is 89.5 Å². The third kappa shape index (κ3) is 3.87. The zero-order chi connectivity index (χ0) is 29.0. The van der Waals surface area contributed by atoms with E-state index < -0.39 is 0 Å². The van der Waals surface area contributed by atoms with Gasteiger partial charge in [-0.2, -0.15) is 0 Å². The van der Waals surface area contributed by atoms with Crippen molar-refractivity contribution >= 4 is 53.3 Å². The maximum atomic E-state index is 5.06. The summed E-state index contributed by atoms with van der Waals surface area (Å²) in [6.45, 7) is 0. The number of hydrogen-bond acceptors (Lipinski definition) is 4. The van der Waals surface area contributed by atoms with Crippen LogP contribution in [-0.4, -0.2) is 19.5 Å². The zero-order valence-corrected chi connectivity index (χ0v) is 24.4. The molecule has 0 saturated heterocycles. The van der Waals surface area contributed by atoms with Gasteiger partial charge in [0.05, 0.1) is 15.7 Å². The molecule has 0 spiro atoms. The molecule has 0 N–H and O–H groups in total. The molecule has 0 atom stereocenters. The van der Waals surface area contributed by atoms with E-state index in [1.807, 2.05) is 72.0 Å². The standard InChI is InChI=1S/C39H24N4S/c1-4-13-25(14-5-1)37-40-38(26-15-6-2-7-16-26)42-39(41-37)32-21-12-20-30-31-24-23-29-28-19-10-11-22-33(28)43(27-17-8-3-9-18-27)34(29)36(31)44-35(30)32/h1-24H. The highest BCUT2D eigenvalue weighted by molar-refractivity contribution is 7.27. The fourth-order valence-electron chi connectivity index (χ4n) is 6.25. The molecule has 3 aromatic heterocycles. The Bertz CT molecular complexity index is 2420. The van der Waals surface area contributed by atoms with Crippen LogP contribution in [0.1, 0.15) is 0 Å². The maximum absolute atomic E-state index is 5.06. The van der Waals surface area contributed by atoms with Gasteiger partial charge in [0.1, 0.15) is 0 Å². The lowest BCUT2D eigenvalue weighted by Crippen LogP contribution is -2.00. The average molecular weight is 581 g/mol. The molecule has 0 amide bonds. The number of fused-ring (bicyclic) bond motifs is 7. The first-order valence-electron chi connectivity index (χ1n) is 14.6. The molecule has 206 valence electrons. The van der Waals surface area contributed by atoms with Crippen LogP contribution in [0.5, 0.6) is 0 Å². The van der Waals surface area contributed by atoms with Crippen LogP contribution in [0.15, 0.2) is 146 Å². The Balaban J connectivity index is 1.35. The third-order valence-electron chi connectivity index (χ3n) is 8.25. The lowest BCUT2D eigenvalue weighted by atomic mass is 10.1. The van der Waals surface area contributed by atoms with Gasteiger partial charge in [0.2, 0.25) is 0 Å². The SMILES string of the molecule is c1ccc(-c2nc(-c3ccccc3)nc(-c3cccc4c3sc3c4ccc4c5ccccc5n(-c5ccccc5)c43)n2)cc1. The van der Waals surface area contributed by atoms with E-state index in [0.29, 0.717) is 17.5 Å². The lowest BCUT2D eigenvalue weighted by Gasteiger charge is -2.09. The van der Waals surface area contributed by atoms with Gasteiger partial charge in [0.25, 0.3) is 0 Å². The van der Waals surface area contributed by atoms with E-state index in [0.717, 1.165) is 22.4 Å². The van der Waals surface area contributed by atoms with E-state index in [-0.39, 0.29) is 0 Å². The number of para-hydroxylation sites is 2. The highest BCUT2D eigenvalue weighted by atomic mass is 32.1. The number of hydrogen-bond donors (Lipinski definition) is 0. The minimum absolute atomic E-state index is 0.666. The molecule has 0 unspecified atom stereocenters. The number of thiophene rings is 1. The Labute approximate surface area is 257 Å². The summed E-state index contributed by atoms with van der Waals surface area (Å²) in [5.74, 6) is 2.01. The van der Waals surface area contributed by atoms with Crippen LogP contribution in [0, 0.1) is 0 Å². The van der Waals surface area contributed by atoms with E-state index in [9.17, 15) is 0 Å². The minimum atomic E-state index is 0.666. The molecular formula is C39H24N4S. The lowest BCUT2D eigenvalue weighted by molar-refractivity contribution is 1.08. The minimum Gasteiger partial charge on any atom is -0.308 e. The summed E-state index contributed by atoms with van der Waals surface area (Å²) in [6.07, 6.45) is 0. The smallest absolute Gasteiger partial charge is 0.165 e. The van der Waals surface area contributed by atoms with Crippen molar-refractivity contribution in [3.05, 3.63) is 146 Å². The number of aromatic nitrogens is 4. The Morgan fingerprint density at radius 3 is 1.66 bits per heavy atom. The van der Waals surface area contributed by atoms with Crippen molar-refractivity contribution < 1.29 is 0 Å². The molecule has 5 heteroatoms. The molecule has 0 aliphatic rings. The second-order valence-corrected chi connectivity index (χ2v) is 11.9. The van der Waals surface area contributed by atoms with Gasteiger partial charge in [-0.05, 0) is 24.3 Å². The van der Waals surface area contributed by atoms with E-state index in [1.54, 1.807) is 0 Å². The molecule has 0 radical (unpaired) electrons. The first kappa shape index (κ1) is 24.9. The molecule has 4 nitrogen and oxygen atoms in total. The Morgan fingerprint density at radius 2 is 0.955 bits per heavy atom. The molecule has 0 aliphatic carbocycles. The van der Waals surface area contributed by atoms with Crippen LogP contribution in [0.3, 0.4) is 0 Å². The topological polar surface area (TPSA) is 43.6 Å². The van der Waals surface area contributed by atoms with Crippen LogP contribution in [-0.2, 0) is 0 Å². The second kappa shape index (κ2) is 9.97. The van der Waals surface area contributed by atoms with E-state index >= 15 is 0 Å². The van der Waals surface area contributed by atoms with Crippen LogP contribution < -0.4 is 0 Å². The molecule has 3 heterocycles. The Kier molecular flexibility index (Phi) is 5.64. The average Bonchev–Trinajstić information content (AvgIpc) is 3.65. The van der Waals surface area contributed by atoms with Crippen molar-refractivity contribution in [1.29, 1.82) is 0 Å². The second-order valence-electron chi connectivity index (χ2n) is 10.8. The molecule has 0 fully saturated rings. The molecule has 6 aromatic carbocycles. The predicted molar refractivity (Wildman–Crippen MR) is 183 cm³/mol. The van der Waals surface area contributed by atoms with E-state index in [1.165, 1.54) is 42.0 Å². The van der Waals surface area contributed by atoms with Crippen molar-refractivity contribution in [2.45, 2.75) is 0 Å². The number of nitrogens with zero attached hydrogens (tertiary/aromatic N) is 4. The highest BCUT2D eigenvalue weighted by Gasteiger charge is 2.20. The quantitative estimate of drug-likeness (QED) is 0.208. The maximum Gasteiger partial charge on any atom is 0.165 e. The van der Waals surface area contributed by atoms with Gasteiger partial charge in [-0.15, -0.1) is 11.3 Å². The number of rotatable bonds is 4. The summed E-state index contributed by atoms with van der Waals surface area (Å²) in [5.41, 5.74) is 6.53. The number of benzene rings is 6. The van der Waals surface area contributed by atoms with Gasteiger partial charge in [0, 0.05) is 48.6 Å². The fourth-order valence-corrected chi connectivity index (χ4v) is 7.60. The molecule has 0 saturated carbocycles. The van der Waals surface area contributed by atoms with Crippen molar-refractivity contribution in [2.75, 3.05) is 0 Å².